The van der Waals surface area contributed by atoms with Crippen LogP contribution >= 0.6 is 0 Å². The minimum Gasteiger partial charge on any atom is -0.481 e. The monoisotopic (exact) mass is 274 g/mol. The smallest absolute Gasteiger partial charge is 0.323 e. The number of carboxylic acids is 1. The summed E-state index contributed by atoms with van der Waals surface area (Å²) in [5, 5.41) is 9.58. The Bertz CT molecular complexity index is 680. The quantitative estimate of drug-likeness (QED) is 0.804. The Labute approximate surface area is 116 Å². The lowest BCUT2D eigenvalue weighted by atomic mass is 9.77. The second-order valence-electron chi connectivity index (χ2n) is 5.60. The third-order valence-electron chi connectivity index (χ3n) is 4.29. The molecule has 0 radical (unpaired) electrons. The van der Waals surface area contributed by atoms with Crippen LogP contribution in [-0.4, -0.2) is 21.0 Å². The molecular weight excluding hydrogens is 256 g/mol. The number of hydrogen-bond donors (Lipinski definition) is 3. The number of benzene rings is 1. The van der Waals surface area contributed by atoms with Crippen molar-refractivity contribution in [2.45, 2.75) is 38.0 Å². The van der Waals surface area contributed by atoms with E-state index in [1.54, 1.807) is 12.1 Å². The highest BCUT2D eigenvalue weighted by Gasteiger charge is 2.30. The van der Waals surface area contributed by atoms with Crippen molar-refractivity contribution in [2.75, 3.05) is 0 Å². The minimum absolute atomic E-state index is 0.198. The highest BCUT2D eigenvalue weighted by molar-refractivity contribution is 5.81. The normalized spacial score (nSPS) is 18.2. The van der Waals surface area contributed by atoms with Crippen LogP contribution in [0.2, 0.25) is 0 Å². The molecule has 1 aliphatic rings. The lowest BCUT2D eigenvalue weighted by Crippen LogP contribution is -2.23. The van der Waals surface area contributed by atoms with Crippen molar-refractivity contribution in [2.24, 2.45) is 5.92 Å². The number of carboxylic acid groups (broad SMARTS) is 1. The first kappa shape index (κ1) is 13.0. The zero-order valence-electron chi connectivity index (χ0n) is 11.2. The molecule has 3 rings (SSSR count). The van der Waals surface area contributed by atoms with Gasteiger partial charge in [-0.2, -0.15) is 0 Å². The largest absolute Gasteiger partial charge is 0.481 e. The molecular formula is C15H18N2O3. The molecule has 1 aliphatic carbocycles. The summed E-state index contributed by atoms with van der Waals surface area (Å²) in [7, 11) is 0. The minimum atomic E-state index is -0.769. The van der Waals surface area contributed by atoms with Gasteiger partial charge >= 0.3 is 11.7 Å². The van der Waals surface area contributed by atoms with Gasteiger partial charge in [0, 0.05) is 0 Å². The van der Waals surface area contributed by atoms with Gasteiger partial charge in [0.15, 0.2) is 0 Å². The van der Waals surface area contributed by atoms with Gasteiger partial charge in [0.25, 0.3) is 0 Å². The van der Waals surface area contributed by atoms with Crippen LogP contribution in [0.4, 0.5) is 0 Å². The predicted octanol–water partition coefficient (Wildman–Crippen LogP) is 2.60. The van der Waals surface area contributed by atoms with E-state index in [9.17, 15) is 14.7 Å². The van der Waals surface area contributed by atoms with Crippen LogP contribution in [0.25, 0.3) is 11.0 Å². The molecule has 1 unspecified atom stereocenters. The van der Waals surface area contributed by atoms with Crippen LogP contribution in [0.5, 0.6) is 0 Å². The molecule has 0 saturated heterocycles. The van der Waals surface area contributed by atoms with Crippen molar-refractivity contribution in [3.63, 3.8) is 0 Å². The maximum Gasteiger partial charge on any atom is 0.323 e. The third-order valence-corrected chi connectivity index (χ3v) is 4.29. The van der Waals surface area contributed by atoms with E-state index in [-0.39, 0.29) is 11.6 Å². The molecule has 1 saturated carbocycles. The summed E-state index contributed by atoms with van der Waals surface area (Å²) < 4.78 is 0. The number of rotatable bonds is 3. The molecule has 0 spiro atoms. The van der Waals surface area contributed by atoms with E-state index in [0.717, 1.165) is 31.2 Å². The third kappa shape index (κ3) is 2.35. The topological polar surface area (TPSA) is 85.9 Å². The van der Waals surface area contributed by atoms with Crippen LogP contribution in [0.3, 0.4) is 0 Å². The molecule has 3 N–H and O–H groups in total. The highest BCUT2D eigenvalue weighted by atomic mass is 16.4. The van der Waals surface area contributed by atoms with Gasteiger partial charge in [-0.3, -0.25) is 4.79 Å². The molecule has 1 heterocycles. The fourth-order valence-corrected chi connectivity index (χ4v) is 3.33. The summed E-state index contributed by atoms with van der Waals surface area (Å²) in [5.41, 5.74) is 1.91. The van der Waals surface area contributed by atoms with E-state index in [1.165, 1.54) is 6.42 Å². The molecule has 0 aliphatic heterocycles. The predicted molar refractivity (Wildman–Crippen MR) is 75.9 cm³/mol. The Morgan fingerprint density at radius 3 is 2.55 bits per heavy atom. The number of H-pyrrole nitrogens is 2. The number of hydrogen-bond acceptors (Lipinski definition) is 2. The summed E-state index contributed by atoms with van der Waals surface area (Å²) in [4.78, 5) is 28.3. The fourth-order valence-electron chi connectivity index (χ4n) is 3.33. The Hall–Kier alpha value is -2.04. The molecule has 1 fully saturated rings. The number of imidazole rings is 1. The lowest BCUT2D eigenvalue weighted by molar-refractivity contribution is -0.140. The second-order valence-corrected chi connectivity index (χ2v) is 5.60. The van der Waals surface area contributed by atoms with Crippen molar-refractivity contribution >= 4 is 17.0 Å². The van der Waals surface area contributed by atoms with Crippen LogP contribution in [-0.2, 0) is 4.79 Å². The average Bonchev–Trinajstić information content (AvgIpc) is 2.79. The summed E-state index contributed by atoms with van der Waals surface area (Å²) in [6.07, 6.45) is 5.36. The molecule has 5 heteroatoms. The SMILES string of the molecule is O=C(O)C(c1ccc2[nH]c(=O)[nH]c2c1)C1CCCCC1. The molecule has 20 heavy (non-hydrogen) atoms. The first-order valence-corrected chi connectivity index (χ1v) is 7.10. The van der Waals surface area contributed by atoms with Gasteiger partial charge in [0.2, 0.25) is 0 Å². The number of fused-ring (bicyclic) bond motifs is 1. The number of nitrogens with one attached hydrogen (secondary N) is 2. The molecule has 1 aromatic carbocycles. The highest BCUT2D eigenvalue weighted by Crippen LogP contribution is 2.36. The second kappa shape index (κ2) is 5.15. The zero-order chi connectivity index (χ0) is 14.1. The van der Waals surface area contributed by atoms with E-state index in [0.29, 0.717) is 11.0 Å². The van der Waals surface area contributed by atoms with Crippen LogP contribution in [0.15, 0.2) is 23.0 Å². The van der Waals surface area contributed by atoms with Gasteiger partial charge in [-0.05, 0) is 36.5 Å². The molecule has 1 aromatic heterocycles. The molecule has 2 aromatic rings. The number of aliphatic carboxylic acids is 1. The van der Waals surface area contributed by atoms with Crippen molar-refractivity contribution < 1.29 is 9.90 Å². The number of aromatic amines is 2. The van der Waals surface area contributed by atoms with Crippen LogP contribution in [0, 0.1) is 5.92 Å². The first-order chi connectivity index (χ1) is 9.65. The Kier molecular flexibility index (Phi) is 3.34. The summed E-state index contributed by atoms with van der Waals surface area (Å²) >= 11 is 0. The van der Waals surface area contributed by atoms with Crippen molar-refractivity contribution in [1.82, 2.24) is 9.97 Å². The van der Waals surface area contributed by atoms with Gasteiger partial charge < -0.3 is 15.1 Å². The number of carbonyl (C=O) groups is 1. The van der Waals surface area contributed by atoms with Gasteiger partial charge in [-0.15, -0.1) is 0 Å². The Balaban J connectivity index is 1.99. The van der Waals surface area contributed by atoms with E-state index >= 15 is 0 Å². The molecule has 5 nitrogen and oxygen atoms in total. The van der Waals surface area contributed by atoms with Gasteiger partial charge in [-0.25, -0.2) is 4.79 Å². The van der Waals surface area contributed by atoms with Crippen molar-refractivity contribution in [1.29, 1.82) is 0 Å². The standard InChI is InChI=1S/C15H18N2O3/c18-14(19)13(9-4-2-1-3-5-9)10-6-7-11-12(8-10)17-15(20)16-11/h6-9,13H,1-5H2,(H,18,19)(H2,16,17,20). The van der Waals surface area contributed by atoms with Gasteiger partial charge in [0.05, 0.1) is 17.0 Å². The fraction of sp³-hybridized carbons (Fsp3) is 0.467. The van der Waals surface area contributed by atoms with E-state index in [1.807, 2.05) is 6.07 Å². The van der Waals surface area contributed by atoms with E-state index in [2.05, 4.69) is 9.97 Å². The van der Waals surface area contributed by atoms with Crippen LogP contribution < -0.4 is 5.69 Å². The van der Waals surface area contributed by atoms with Gasteiger partial charge in [0.1, 0.15) is 0 Å². The average molecular weight is 274 g/mol. The Morgan fingerprint density at radius 1 is 1.15 bits per heavy atom. The van der Waals surface area contributed by atoms with Crippen molar-refractivity contribution in [3.05, 3.63) is 34.2 Å². The zero-order valence-corrected chi connectivity index (χ0v) is 11.2. The first-order valence-electron chi connectivity index (χ1n) is 7.10. The molecule has 1 atom stereocenters. The summed E-state index contributed by atoms with van der Waals surface area (Å²) in [6, 6.07) is 5.39. The van der Waals surface area contributed by atoms with Crippen molar-refractivity contribution in [3.8, 4) is 0 Å². The number of aromatic nitrogens is 2. The summed E-state index contributed by atoms with van der Waals surface area (Å²) in [5.74, 6) is -1.04. The maximum absolute atomic E-state index is 11.7. The van der Waals surface area contributed by atoms with E-state index < -0.39 is 11.9 Å². The van der Waals surface area contributed by atoms with Crippen LogP contribution in [0.1, 0.15) is 43.6 Å². The maximum atomic E-state index is 11.7. The Morgan fingerprint density at radius 2 is 1.85 bits per heavy atom. The van der Waals surface area contributed by atoms with E-state index in [4.69, 9.17) is 0 Å². The van der Waals surface area contributed by atoms with Gasteiger partial charge in [-0.1, -0.05) is 25.3 Å². The molecule has 106 valence electrons. The lowest BCUT2D eigenvalue weighted by Gasteiger charge is -2.27. The molecule has 0 bridgehead atoms. The summed E-state index contributed by atoms with van der Waals surface area (Å²) in [6.45, 7) is 0. The molecule has 0 amide bonds.